The van der Waals surface area contributed by atoms with Crippen molar-refractivity contribution in [3.63, 3.8) is 0 Å². The zero-order valence-corrected chi connectivity index (χ0v) is 25.7. The van der Waals surface area contributed by atoms with E-state index in [1.165, 1.54) is 24.3 Å². The van der Waals surface area contributed by atoms with Crippen LogP contribution in [0.5, 0.6) is 0 Å². The Bertz CT molecular complexity index is 1400. The standard InChI is InChI=1S/C28H26N2O4S2.CH3.ClH.Ru/c1-21-13-17-25(18-14-21)35(31,32)29-27(23-9-5-3-6-10-23)28(24-11-7-4-8-12-24)30-36(33,34)26-19-15-22(2)16-20-26;;;/h3-20,27-28H,1-2H3;1H3;1H;/q-2;-1;;+4/p-1/t27-,28-;;;/m1.../s1. The molecular formula is C29H29ClN2O4RuS2. The van der Waals surface area contributed by atoms with Gasteiger partial charge in [-0.25, -0.2) is 16.8 Å². The van der Waals surface area contributed by atoms with Crippen molar-refractivity contribution in [2.24, 2.45) is 0 Å². The van der Waals surface area contributed by atoms with Crippen LogP contribution < -0.4 is 0 Å². The van der Waals surface area contributed by atoms with E-state index in [2.05, 4.69) is 19.1 Å². The predicted octanol–water partition coefficient (Wildman–Crippen LogP) is 7.75. The van der Waals surface area contributed by atoms with Gasteiger partial charge in [0.05, 0.1) is 0 Å². The van der Waals surface area contributed by atoms with Crippen molar-refractivity contribution in [3.8, 4) is 0 Å². The number of hydrogen-bond donors (Lipinski definition) is 0. The predicted molar refractivity (Wildman–Crippen MR) is 154 cm³/mol. The fourth-order valence-corrected chi connectivity index (χ4v) is 6.02. The van der Waals surface area contributed by atoms with Crippen LogP contribution in [0.25, 0.3) is 9.44 Å². The molecule has 6 nitrogen and oxygen atoms in total. The van der Waals surface area contributed by atoms with Crippen molar-refractivity contribution in [1.29, 1.82) is 0 Å². The van der Waals surface area contributed by atoms with Gasteiger partial charge in [-0.1, -0.05) is 107 Å². The van der Waals surface area contributed by atoms with Gasteiger partial charge in [0.1, 0.15) is 20.0 Å². The van der Waals surface area contributed by atoms with E-state index in [1.807, 2.05) is 31.2 Å². The molecule has 0 bridgehead atoms. The van der Waals surface area contributed by atoms with Crippen molar-refractivity contribution in [2.75, 3.05) is 0 Å². The second-order valence-electron chi connectivity index (χ2n) is 8.50. The van der Waals surface area contributed by atoms with E-state index in [1.54, 1.807) is 84.9 Å². The summed E-state index contributed by atoms with van der Waals surface area (Å²) < 4.78 is 62.0. The Morgan fingerprint density at radius 3 is 1.10 bits per heavy atom. The first-order valence-electron chi connectivity index (χ1n) is 11.5. The van der Waals surface area contributed by atoms with Crippen LogP contribution in [0.1, 0.15) is 34.3 Å². The number of rotatable bonds is 9. The topological polar surface area (TPSA) is 96.5 Å². The van der Waals surface area contributed by atoms with Gasteiger partial charge in [-0.2, -0.15) is 0 Å². The minimum atomic E-state index is -4.13. The van der Waals surface area contributed by atoms with Crippen LogP contribution in [0.2, 0.25) is 0 Å². The van der Waals surface area contributed by atoms with E-state index < -0.39 is 32.1 Å². The third-order valence-corrected chi connectivity index (χ3v) is 8.47. The monoisotopic (exact) mass is 670 g/mol. The maximum absolute atomic E-state index is 13.4. The van der Waals surface area contributed by atoms with Gasteiger partial charge in [0, 0.05) is 9.79 Å². The molecule has 10 heteroatoms. The van der Waals surface area contributed by atoms with Gasteiger partial charge in [0.15, 0.2) is 0 Å². The summed E-state index contributed by atoms with van der Waals surface area (Å²) >= 11 is 1.82. The molecule has 0 saturated carbocycles. The molecular weight excluding hydrogens is 641 g/mol. The molecule has 39 heavy (non-hydrogen) atoms. The van der Waals surface area contributed by atoms with Crippen LogP contribution in [-0.2, 0) is 37.4 Å². The molecule has 0 radical (unpaired) electrons. The summed E-state index contributed by atoms with van der Waals surface area (Å²) in [7, 11) is -3.70. The molecule has 0 saturated heterocycles. The van der Waals surface area contributed by atoms with Crippen molar-refractivity contribution in [2.45, 2.75) is 35.7 Å². The SMILES string of the molecule is Cc1ccc(S(=O)(=O)[N-][C@H](c2ccccc2)[C@H]([N-]S(=O)(=O)c2ccc(C)cc2)c2ccccc2)cc1.[CH3-].[Cl][Ru+3]. The van der Waals surface area contributed by atoms with Crippen LogP contribution in [0.15, 0.2) is 119 Å². The molecule has 0 aliphatic carbocycles. The molecule has 0 amide bonds. The summed E-state index contributed by atoms with van der Waals surface area (Å²) in [5, 5.41) is 0. The van der Waals surface area contributed by atoms with Crippen LogP contribution in [0.4, 0.5) is 0 Å². The van der Waals surface area contributed by atoms with Crippen LogP contribution in [0, 0.1) is 21.3 Å². The second kappa shape index (κ2) is 14.8. The normalized spacial score (nSPS) is 12.8. The van der Waals surface area contributed by atoms with Crippen molar-refractivity contribution < 1.29 is 34.1 Å². The van der Waals surface area contributed by atoms with E-state index in [9.17, 15) is 16.8 Å². The van der Waals surface area contributed by atoms with Crippen LogP contribution in [0.3, 0.4) is 0 Å². The first-order chi connectivity index (χ1) is 18.2. The molecule has 4 aromatic carbocycles. The third kappa shape index (κ3) is 8.80. The number of nitrogens with zero attached hydrogens (tertiary/aromatic N) is 2. The van der Waals surface area contributed by atoms with E-state index in [-0.39, 0.29) is 17.2 Å². The summed E-state index contributed by atoms with van der Waals surface area (Å²) in [6.45, 7) is 3.72. The number of hydrogen-bond acceptors (Lipinski definition) is 4. The average Bonchev–Trinajstić information content (AvgIpc) is 2.93. The maximum atomic E-state index is 13.4. The fourth-order valence-electron chi connectivity index (χ4n) is 3.74. The van der Waals surface area contributed by atoms with Crippen LogP contribution in [-0.4, -0.2) is 16.8 Å². The average molecular weight is 670 g/mol. The van der Waals surface area contributed by atoms with E-state index in [4.69, 9.17) is 0 Å². The molecule has 4 rings (SSSR count). The first-order valence-corrected chi connectivity index (χ1v) is 16.6. The number of halogens is 1. The molecule has 206 valence electrons. The van der Waals surface area contributed by atoms with Gasteiger partial charge in [-0.05, 0) is 38.1 Å². The molecule has 0 spiro atoms. The van der Waals surface area contributed by atoms with Gasteiger partial charge >= 0.3 is 27.0 Å². The summed E-state index contributed by atoms with van der Waals surface area (Å²) in [6, 6.07) is 28.1. The van der Waals surface area contributed by atoms with Gasteiger partial charge < -0.3 is 16.9 Å². The van der Waals surface area contributed by atoms with Gasteiger partial charge in [0.25, 0.3) is 0 Å². The Morgan fingerprint density at radius 2 is 0.821 bits per heavy atom. The summed E-state index contributed by atoms with van der Waals surface area (Å²) in [6.07, 6.45) is 0. The molecule has 0 unspecified atom stereocenters. The molecule has 0 aliphatic rings. The van der Waals surface area contributed by atoms with Crippen molar-refractivity contribution in [1.82, 2.24) is 0 Å². The Balaban J connectivity index is 0.00000174. The first kappa shape index (κ1) is 32.8. The molecule has 4 aromatic rings. The van der Waals surface area contributed by atoms with Gasteiger partial charge in [-0.15, -0.1) is 12.1 Å². The Kier molecular flexibility index (Phi) is 12.5. The zero-order valence-electron chi connectivity index (χ0n) is 21.6. The minimum absolute atomic E-state index is 0. The molecule has 0 heterocycles. The Hall–Kier alpha value is -2.39. The summed E-state index contributed by atoms with van der Waals surface area (Å²) in [5.74, 6) is 0. The van der Waals surface area contributed by atoms with E-state index in [0.717, 1.165) is 11.1 Å². The quantitative estimate of drug-likeness (QED) is 0.134. The van der Waals surface area contributed by atoms with Gasteiger partial charge in [-0.3, -0.25) is 0 Å². The summed E-state index contributed by atoms with van der Waals surface area (Å²) in [5.41, 5.74) is 2.89. The zero-order chi connectivity index (χ0) is 27.8. The molecule has 0 fully saturated rings. The summed E-state index contributed by atoms with van der Waals surface area (Å²) in [4.78, 5) is 0.0597. The molecule has 0 aliphatic heterocycles. The number of benzene rings is 4. The molecule has 0 aromatic heterocycles. The van der Waals surface area contributed by atoms with Crippen molar-refractivity contribution >= 4 is 29.7 Å². The fraction of sp³-hybridized carbons (Fsp3) is 0.138. The van der Waals surface area contributed by atoms with Gasteiger partial charge in [0.2, 0.25) is 0 Å². The Labute approximate surface area is 246 Å². The Morgan fingerprint density at radius 1 is 0.538 bits per heavy atom. The number of sulfonamides is 2. The van der Waals surface area contributed by atoms with Crippen LogP contribution >= 0.6 is 9.69 Å². The second-order valence-corrected chi connectivity index (χ2v) is 11.8. The molecule has 2 atom stereocenters. The van der Waals surface area contributed by atoms with E-state index in [0.29, 0.717) is 11.1 Å². The van der Waals surface area contributed by atoms with Crippen molar-refractivity contribution in [3.05, 3.63) is 148 Å². The number of aryl methyl sites for hydroxylation is 2. The third-order valence-electron chi connectivity index (χ3n) is 5.72. The van der Waals surface area contributed by atoms with E-state index >= 15 is 0 Å². The molecule has 0 N–H and O–H groups in total.